The third-order valence-electron chi connectivity index (χ3n) is 5.32. The van der Waals surface area contributed by atoms with Crippen LogP contribution in [0.4, 0.5) is 0 Å². The summed E-state index contributed by atoms with van der Waals surface area (Å²) >= 11 is 0. The molecule has 0 saturated carbocycles. The largest absolute Gasteiger partial charge is 0.373 e. The van der Waals surface area contributed by atoms with Crippen LogP contribution in [0.1, 0.15) is 25.0 Å². The number of hydrogen-bond acceptors (Lipinski definition) is 5. The van der Waals surface area contributed by atoms with Crippen LogP contribution in [0.15, 0.2) is 60.7 Å². The van der Waals surface area contributed by atoms with E-state index < -0.39 is 11.9 Å². The highest BCUT2D eigenvalue weighted by molar-refractivity contribution is 5.15. The SMILES string of the molecule is COC1OC(C(C)OCc2ccccc2)C(C)(OCc2ccccc2)C1OC. The molecule has 1 aliphatic heterocycles. The zero-order chi connectivity index (χ0) is 20.0. The Morgan fingerprint density at radius 3 is 2.00 bits per heavy atom. The predicted octanol–water partition coefficient (Wildman–Crippen LogP) is 3.95. The lowest BCUT2D eigenvalue weighted by atomic mass is 9.91. The Balaban J connectivity index is 1.73. The predicted molar refractivity (Wildman–Crippen MR) is 107 cm³/mol. The van der Waals surface area contributed by atoms with Crippen LogP contribution < -0.4 is 0 Å². The van der Waals surface area contributed by atoms with E-state index in [1.807, 2.05) is 74.5 Å². The molecule has 152 valence electrons. The van der Waals surface area contributed by atoms with Crippen LogP contribution in [-0.4, -0.2) is 44.4 Å². The van der Waals surface area contributed by atoms with Crippen LogP contribution >= 0.6 is 0 Å². The van der Waals surface area contributed by atoms with Gasteiger partial charge in [-0.2, -0.15) is 0 Å². The second-order valence-electron chi connectivity index (χ2n) is 7.28. The lowest BCUT2D eigenvalue weighted by Gasteiger charge is -2.36. The molecule has 0 amide bonds. The molecule has 0 spiro atoms. The van der Waals surface area contributed by atoms with Gasteiger partial charge in [0.05, 0.1) is 19.3 Å². The highest BCUT2D eigenvalue weighted by Crippen LogP contribution is 2.39. The fraction of sp³-hybridized carbons (Fsp3) is 0.478. The van der Waals surface area contributed by atoms with Gasteiger partial charge in [-0.1, -0.05) is 60.7 Å². The minimum atomic E-state index is -0.721. The molecule has 0 aromatic heterocycles. The van der Waals surface area contributed by atoms with Gasteiger partial charge in [-0.05, 0) is 25.0 Å². The van der Waals surface area contributed by atoms with Crippen molar-refractivity contribution < 1.29 is 23.7 Å². The first-order valence-electron chi connectivity index (χ1n) is 9.63. The van der Waals surface area contributed by atoms with Crippen molar-refractivity contribution in [1.29, 1.82) is 0 Å². The first kappa shape index (κ1) is 21.0. The van der Waals surface area contributed by atoms with E-state index in [9.17, 15) is 0 Å². The topological polar surface area (TPSA) is 46.2 Å². The summed E-state index contributed by atoms with van der Waals surface area (Å²) in [4.78, 5) is 0. The van der Waals surface area contributed by atoms with Crippen molar-refractivity contribution in [3.05, 3.63) is 71.8 Å². The molecule has 2 aromatic carbocycles. The van der Waals surface area contributed by atoms with Crippen molar-refractivity contribution in [1.82, 2.24) is 0 Å². The minimum Gasteiger partial charge on any atom is -0.373 e. The summed E-state index contributed by atoms with van der Waals surface area (Å²) in [5.41, 5.74) is 1.49. The Kier molecular flexibility index (Phi) is 7.21. The van der Waals surface area contributed by atoms with Crippen molar-refractivity contribution in [2.75, 3.05) is 14.2 Å². The third-order valence-corrected chi connectivity index (χ3v) is 5.32. The molecular weight excluding hydrogens is 356 g/mol. The van der Waals surface area contributed by atoms with Gasteiger partial charge in [-0.15, -0.1) is 0 Å². The van der Waals surface area contributed by atoms with E-state index in [2.05, 4.69) is 0 Å². The van der Waals surface area contributed by atoms with Crippen LogP contribution in [0.25, 0.3) is 0 Å². The van der Waals surface area contributed by atoms with Crippen LogP contribution in [0.2, 0.25) is 0 Å². The summed E-state index contributed by atoms with van der Waals surface area (Å²) in [6, 6.07) is 20.2. The van der Waals surface area contributed by atoms with E-state index in [1.54, 1.807) is 14.2 Å². The molecule has 5 atom stereocenters. The Bertz CT molecular complexity index is 707. The smallest absolute Gasteiger partial charge is 0.186 e. The summed E-state index contributed by atoms with van der Waals surface area (Å²) in [5.74, 6) is 0. The Hall–Kier alpha value is -1.76. The highest BCUT2D eigenvalue weighted by atomic mass is 16.7. The summed E-state index contributed by atoms with van der Waals surface area (Å²) in [7, 11) is 3.27. The average molecular weight is 386 g/mol. The molecule has 5 heteroatoms. The second-order valence-corrected chi connectivity index (χ2v) is 7.28. The molecule has 1 saturated heterocycles. The molecule has 3 rings (SSSR count). The number of benzene rings is 2. The van der Waals surface area contributed by atoms with E-state index in [1.165, 1.54) is 0 Å². The summed E-state index contributed by atoms with van der Waals surface area (Å²) in [6.45, 7) is 4.98. The summed E-state index contributed by atoms with van der Waals surface area (Å²) in [5, 5.41) is 0. The molecule has 0 radical (unpaired) electrons. The monoisotopic (exact) mass is 386 g/mol. The van der Waals surface area contributed by atoms with Gasteiger partial charge >= 0.3 is 0 Å². The lowest BCUT2D eigenvalue weighted by Crippen LogP contribution is -2.52. The van der Waals surface area contributed by atoms with Gasteiger partial charge in [0, 0.05) is 14.2 Å². The van der Waals surface area contributed by atoms with Crippen LogP contribution in [0.3, 0.4) is 0 Å². The summed E-state index contributed by atoms with van der Waals surface area (Å²) in [6.07, 6.45) is -1.43. The molecular formula is C23H30O5. The van der Waals surface area contributed by atoms with Gasteiger partial charge < -0.3 is 23.7 Å². The van der Waals surface area contributed by atoms with Crippen molar-refractivity contribution in [3.8, 4) is 0 Å². The molecule has 5 unspecified atom stereocenters. The number of methoxy groups -OCH3 is 2. The van der Waals surface area contributed by atoms with Crippen LogP contribution in [-0.2, 0) is 36.9 Å². The number of ether oxygens (including phenoxy) is 5. The molecule has 2 aromatic rings. The first-order valence-corrected chi connectivity index (χ1v) is 9.63. The van der Waals surface area contributed by atoms with E-state index in [0.717, 1.165) is 11.1 Å². The highest BCUT2D eigenvalue weighted by Gasteiger charge is 2.57. The molecule has 1 heterocycles. The van der Waals surface area contributed by atoms with E-state index in [4.69, 9.17) is 23.7 Å². The van der Waals surface area contributed by atoms with E-state index in [-0.39, 0.29) is 18.3 Å². The van der Waals surface area contributed by atoms with Crippen LogP contribution in [0, 0.1) is 0 Å². The minimum absolute atomic E-state index is 0.209. The zero-order valence-electron chi connectivity index (χ0n) is 17.0. The van der Waals surface area contributed by atoms with Gasteiger partial charge in [0.1, 0.15) is 17.8 Å². The van der Waals surface area contributed by atoms with Gasteiger partial charge in [-0.25, -0.2) is 0 Å². The van der Waals surface area contributed by atoms with Gasteiger partial charge in [0.2, 0.25) is 0 Å². The van der Waals surface area contributed by atoms with Gasteiger partial charge in [0.25, 0.3) is 0 Å². The maximum Gasteiger partial charge on any atom is 0.186 e. The quantitative estimate of drug-likeness (QED) is 0.653. The zero-order valence-corrected chi connectivity index (χ0v) is 17.0. The first-order chi connectivity index (χ1) is 13.6. The van der Waals surface area contributed by atoms with Gasteiger partial charge in [0.15, 0.2) is 6.29 Å². The molecule has 0 aliphatic carbocycles. The number of rotatable bonds is 9. The third kappa shape index (κ3) is 4.62. The summed E-state index contributed by atoms with van der Waals surface area (Å²) < 4.78 is 29.9. The Morgan fingerprint density at radius 1 is 0.893 bits per heavy atom. The molecule has 28 heavy (non-hydrogen) atoms. The Morgan fingerprint density at radius 2 is 1.46 bits per heavy atom. The Labute approximate surface area is 167 Å². The maximum atomic E-state index is 6.39. The maximum absolute atomic E-state index is 6.39. The standard InChI is InChI=1S/C23H30O5/c1-17(26-15-18-11-7-5-8-12-18)20-23(2,21(24-3)22(25-4)28-20)27-16-19-13-9-6-10-14-19/h5-14,17,20-22H,15-16H2,1-4H3. The fourth-order valence-electron chi connectivity index (χ4n) is 3.75. The van der Waals surface area contributed by atoms with Crippen molar-refractivity contribution in [2.24, 2.45) is 0 Å². The molecule has 5 nitrogen and oxygen atoms in total. The molecule has 1 aliphatic rings. The molecule has 0 N–H and O–H groups in total. The van der Waals surface area contributed by atoms with E-state index in [0.29, 0.717) is 13.2 Å². The molecule has 1 fully saturated rings. The second kappa shape index (κ2) is 9.63. The fourth-order valence-corrected chi connectivity index (χ4v) is 3.75. The van der Waals surface area contributed by atoms with Crippen molar-refractivity contribution >= 4 is 0 Å². The average Bonchev–Trinajstić information content (AvgIpc) is 3.04. The number of hydrogen-bond donors (Lipinski definition) is 0. The normalized spacial score (nSPS) is 28.4. The van der Waals surface area contributed by atoms with Crippen molar-refractivity contribution in [3.63, 3.8) is 0 Å². The van der Waals surface area contributed by atoms with Crippen LogP contribution in [0.5, 0.6) is 0 Å². The molecule has 0 bridgehead atoms. The van der Waals surface area contributed by atoms with Crippen molar-refractivity contribution in [2.45, 2.75) is 57.3 Å². The van der Waals surface area contributed by atoms with Gasteiger partial charge in [-0.3, -0.25) is 0 Å². The van der Waals surface area contributed by atoms with E-state index >= 15 is 0 Å². The lowest BCUT2D eigenvalue weighted by molar-refractivity contribution is -0.175.